The highest BCUT2D eigenvalue weighted by Crippen LogP contribution is 2.34. The quantitative estimate of drug-likeness (QED) is 0.573. The third-order valence-corrected chi connectivity index (χ3v) is 2.60. The molecular weight excluding hydrogens is 234 g/mol. The van der Waals surface area contributed by atoms with Crippen molar-refractivity contribution in [1.82, 2.24) is 5.32 Å². The van der Waals surface area contributed by atoms with Gasteiger partial charge < -0.3 is 15.4 Å². The molecule has 0 fully saturated rings. The summed E-state index contributed by atoms with van der Waals surface area (Å²) in [6.45, 7) is 3.58. The number of rotatable bonds is 7. The summed E-state index contributed by atoms with van der Waals surface area (Å²) in [6.07, 6.45) is 0. The molecule has 6 nitrogen and oxygen atoms in total. The van der Waals surface area contributed by atoms with E-state index in [1.165, 1.54) is 7.11 Å². The number of nitro benzene ring substituents is 1. The SMILES string of the molecule is CNCC(C)CNc1cccc(OC)c1[N+](=O)[O-]. The van der Waals surface area contributed by atoms with Crippen LogP contribution in [0.1, 0.15) is 6.92 Å². The Kier molecular flexibility index (Phi) is 5.38. The number of hydrogen-bond donors (Lipinski definition) is 2. The van der Waals surface area contributed by atoms with Crippen LogP contribution in [0.25, 0.3) is 0 Å². The van der Waals surface area contributed by atoms with Gasteiger partial charge in [-0.3, -0.25) is 10.1 Å². The number of methoxy groups -OCH3 is 1. The Morgan fingerprint density at radius 3 is 2.72 bits per heavy atom. The highest BCUT2D eigenvalue weighted by Gasteiger charge is 2.20. The van der Waals surface area contributed by atoms with E-state index >= 15 is 0 Å². The fourth-order valence-electron chi connectivity index (χ4n) is 1.72. The maximum Gasteiger partial charge on any atom is 0.333 e. The summed E-state index contributed by atoms with van der Waals surface area (Å²) in [6, 6.07) is 5.00. The molecule has 0 saturated carbocycles. The first-order valence-electron chi connectivity index (χ1n) is 5.80. The normalized spacial score (nSPS) is 11.9. The summed E-state index contributed by atoms with van der Waals surface area (Å²) in [5.74, 6) is 0.645. The van der Waals surface area contributed by atoms with Gasteiger partial charge in [0.25, 0.3) is 0 Å². The molecule has 0 radical (unpaired) electrons. The van der Waals surface area contributed by atoms with E-state index < -0.39 is 4.92 Å². The number of hydrogen-bond acceptors (Lipinski definition) is 5. The van der Waals surface area contributed by atoms with Gasteiger partial charge in [-0.15, -0.1) is 0 Å². The van der Waals surface area contributed by atoms with E-state index in [0.29, 0.717) is 18.2 Å². The van der Waals surface area contributed by atoms with Crippen molar-refractivity contribution in [2.75, 3.05) is 32.6 Å². The van der Waals surface area contributed by atoms with Crippen molar-refractivity contribution in [2.24, 2.45) is 5.92 Å². The smallest absolute Gasteiger partial charge is 0.333 e. The summed E-state index contributed by atoms with van der Waals surface area (Å²) < 4.78 is 5.01. The molecule has 0 spiro atoms. The Labute approximate surface area is 106 Å². The molecule has 1 rings (SSSR count). The van der Waals surface area contributed by atoms with Gasteiger partial charge >= 0.3 is 5.69 Å². The summed E-state index contributed by atoms with van der Waals surface area (Å²) in [5.41, 5.74) is 0.471. The molecule has 0 heterocycles. The lowest BCUT2D eigenvalue weighted by Gasteiger charge is -2.13. The summed E-state index contributed by atoms with van der Waals surface area (Å²) in [5, 5.41) is 17.2. The van der Waals surface area contributed by atoms with E-state index in [-0.39, 0.29) is 11.4 Å². The van der Waals surface area contributed by atoms with E-state index in [1.807, 2.05) is 7.05 Å². The number of nitro groups is 1. The zero-order valence-electron chi connectivity index (χ0n) is 10.9. The minimum atomic E-state index is -0.427. The van der Waals surface area contributed by atoms with Gasteiger partial charge in [0, 0.05) is 6.54 Å². The van der Waals surface area contributed by atoms with Crippen LogP contribution in [-0.4, -0.2) is 32.2 Å². The lowest BCUT2D eigenvalue weighted by molar-refractivity contribution is -0.384. The summed E-state index contributed by atoms with van der Waals surface area (Å²) >= 11 is 0. The molecule has 1 aromatic rings. The second-order valence-electron chi connectivity index (χ2n) is 4.16. The van der Waals surface area contributed by atoms with Gasteiger partial charge in [-0.2, -0.15) is 0 Å². The number of para-hydroxylation sites is 1. The molecule has 1 atom stereocenters. The van der Waals surface area contributed by atoms with Gasteiger partial charge in [0.2, 0.25) is 0 Å². The molecule has 0 aromatic heterocycles. The van der Waals surface area contributed by atoms with Crippen LogP contribution >= 0.6 is 0 Å². The molecular formula is C12H19N3O3. The van der Waals surface area contributed by atoms with Crippen LogP contribution in [0.5, 0.6) is 5.75 Å². The molecule has 0 bridgehead atoms. The standard InChI is InChI=1S/C12H19N3O3/c1-9(7-13-2)8-14-10-5-4-6-11(18-3)12(10)15(16)17/h4-6,9,13-14H,7-8H2,1-3H3. The minimum absolute atomic E-state index is 0.0170. The Morgan fingerprint density at radius 2 is 2.17 bits per heavy atom. The van der Waals surface area contributed by atoms with Crippen molar-refractivity contribution in [3.05, 3.63) is 28.3 Å². The molecule has 0 aliphatic carbocycles. The average Bonchev–Trinajstić information content (AvgIpc) is 2.35. The fraction of sp³-hybridized carbons (Fsp3) is 0.500. The Morgan fingerprint density at radius 1 is 1.44 bits per heavy atom. The Hall–Kier alpha value is -1.82. The largest absolute Gasteiger partial charge is 0.490 e. The molecule has 6 heteroatoms. The molecule has 0 saturated heterocycles. The van der Waals surface area contributed by atoms with E-state index in [0.717, 1.165) is 6.54 Å². The van der Waals surface area contributed by atoms with Gasteiger partial charge in [0.15, 0.2) is 5.75 Å². The maximum absolute atomic E-state index is 11.0. The first-order valence-corrected chi connectivity index (χ1v) is 5.80. The topological polar surface area (TPSA) is 76.4 Å². The first kappa shape index (κ1) is 14.2. The summed E-state index contributed by atoms with van der Waals surface area (Å²) in [7, 11) is 3.31. The second kappa shape index (κ2) is 6.80. The monoisotopic (exact) mass is 253 g/mol. The lowest BCUT2D eigenvalue weighted by Crippen LogP contribution is -2.23. The Balaban J connectivity index is 2.85. The third-order valence-electron chi connectivity index (χ3n) is 2.60. The first-order chi connectivity index (χ1) is 8.60. The van der Waals surface area contributed by atoms with Crippen molar-refractivity contribution in [3.63, 3.8) is 0 Å². The zero-order chi connectivity index (χ0) is 13.5. The van der Waals surface area contributed by atoms with Crippen LogP contribution < -0.4 is 15.4 Å². The molecule has 1 unspecified atom stereocenters. The van der Waals surface area contributed by atoms with Crippen molar-refractivity contribution in [1.29, 1.82) is 0 Å². The number of benzene rings is 1. The maximum atomic E-state index is 11.0. The summed E-state index contributed by atoms with van der Waals surface area (Å²) in [4.78, 5) is 10.6. The van der Waals surface area contributed by atoms with Crippen LogP contribution in [0.4, 0.5) is 11.4 Å². The van der Waals surface area contributed by atoms with E-state index in [2.05, 4.69) is 17.6 Å². The molecule has 100 valence electrons. The molecule has 0 amide bonds. The van der Waals surface area contributed by atoms with Crippen molar-refractivity contribution >= 4 is 11.4 Å². The third kappa shape index (κ3) is 3.59. The lowest BCUT2D eigenvalue weighted by atomic mass is 10.1. The zero-order valence-corrected chi connectivity index (χ0v) is 10.9. The second-order valence-corrected chi connectivity index (χ2v) is 4.16. The van der Waals surface area contributed by atoms with Crippen LogP contribution in [0.3, 0.4) is 0 Å². The van der Waals surface area contributed by atoms with Crippen LogP contribution in [-0.2, 0) is 0 Å². The van der Waals surface area contributed by atoms with E-state index in [4.69, 9.17) is 4.74 Å². The average molecular weight is 253 g/mol. The predicted molar refractivity (Wildman–Crippen MR) is 71.2 cm³/mol. The molecule has 2 N–H and O–H groups in total. The van der Waals surface area contributed by atoms with Gasteiger partial charge in [-0.05, 0) is 31.6 Å². The van der Waals surface area contributed by atoms with Crippen LogP contribution in [0, 0.1) is 16.0 Å². The van der Waals surface area contributed by atoms with Crippen molar-refractivity contribution in [3.8, 4) is 5.75 Å². The predicted octanol–water partition coefficient (Wildman–Crippen LogP) is 1.87. The van der Waals surface area contributed by atoms with Gasteiger partial charge in [-0.25, -0.2) is 0 Å². The van der Waals surface area contributed by atoms with E-state index in [1.54, 1.807) is 18.2 Å². The van der Waals surface area contributed by atoms with E-state index in [9.17, 15) is 10.1 Å². The van der Waals surface area contributed by atoms with Gasteiger partial charge in [-0.1, -0.05) is 13.0 Å². The Bertz CT molecular complexity index is 410. The van der Waals surface area contributed by atoms with Crippen molar-refractivity contribution < 1.29 is 9.66 Å². The number of ether oxygens (including phenoxy) is 1. The highest BCUT2D eigenvalue weighted by molar-refractivity contribution is 5.68. The fourth-order valence-corrected chi connectivity index (χ4v) is 1.72. The van der Waals surface area contributed by atoms with Gasteiger partial charge in [0.1, 0.15) is 5.69 Å². The van der Waals surface area contributed by atoms with Crippen molar-refractivity contribution in [2.45, 2.75) is 6.92 Å². The minimum Gasteiger partial charge on any atom is -0.490 e. The molecule has 18 heavy (non-hydrogen) atoms. The highest BCUT2D eigenvalue weighted by atomic mass is 16.6. The van der Waals surface area contributed by atoms with Crippen LogP contribution in [0.15, 0.2) is 18.2 Å². The van der Waals surface area contributed by atoms with Crippen LogP contribution in [0.2, 0.25) is 0 Å². The number of nitrogens with one attached hydrogen (secondary N) is 2. The number of anilines is 1. The van der Waals surface area contributed by atoms with Gasteiger partial charge in [0.05, 0.1) is 12.0 Å². The molecule has 0 aliphatic heterocycles. The number of nitrogens with zero attached hydrogens (tertiary/aromatic N) is 1. The molecule has 1 aromatic carbocycles. The molecule has 0 aliphatic rings.